The van der Waals surface area contributed by atoms with E-state index >= 15 is 0 Å². The van der Waals surface area contributed by atoms with Gasteiger partial charge in [-0.1, -0.05) is 23.2 Å². The molecular weight excluding hydrogens is 257 g/mol. The fourth-order valence-electron chi connectivity index (χ4n) is 1.34. The van der Waals surface area contributed by atoms with Crippen LogP contribution in [0.2, 0.25) is 10.0 Å². The summed E-state index contributed by atoms with van der Waals surface area (Å²) < 4.78 is 24.2. The molecule has 2 nitrogen and oxygen atoms in total. The molecule has 2 N–H and O–H groups in total. The first-order chi connectivity index (χ1) is 7.40. The number of nitrogen functional groups attached to an aromatic ring is 1. The molecule has 1 rings (SSSR count). The van der Waals surface area contributed by atoms with Crippen molar-refractivity contribution in [3.8, 4) is 0 Å². The molecule has 1 aromatic rings. The highest BCUT2D eigenvalue weighted by molar-refractivity contribution is 6.38. The van der Waals surface area contributed by atoms with Gasteiger partial charge in [0, 0.05) is 6.54 Å². The molecule has 0 saturated carbocycles. The lowest BCUT2D eigenvalue weighted by atomic mass is 10.2. The van der Waals surface area contributed by atoms with Crippen LogP contribution in [0.25, 0.3) is 0 Å². The summed E-state index contributed by atoms with van der Waals surface area (Å²) in [4.78, 5) is 1.49. The van der Waals surface area contributed by atoms with E-state index in [-0.39, 0.29) is 6.54 Å². The predicted octanol–water partition coefficient (Wildman–Crippen LogP) is 3.27. The van der Waals surface area contributed by atoms with Gasteiger partial charge in [-0.2, -0.15) is 0 Å². The second kappa shape index (κ2) is 5.66. The standard InChI is InChI=1S/C10H12Cl2F2N2/c1-16(5-9(13)14)4-6-2-7(11)10(15)8(12)3-6/h2-3,9H,4-5,15H2,1H3. The summed E-state index contributed by atoms with van der Waals surface area (Å²) >= 11 is 11.7. The number of rotatable bonds is 4. The Balaban J connectivity index is 2.74. The summed E-state index contributed by atoms with van der Waals surface area (Å²) in [6.45, 7) is 0.0592. The minimum Gasteiger partial charge on any atom is -0.396 e. The number of alkyl halides is 2. The van der Waals surface area contributed by atoms with Gasteiger partial charge in [0.2, 0.25) is 0 Å². The van der Waals surface area contributed by atoms with Crippen LogP contribution in [0.1, 0.15) is 5.56 Å². The quantitative estimate of drug-likeness (QED) is 0.850. The predicted molar refractivity (Wildman–Crippen MR) is 63.2 cm³/mol. The largest absolute Gasteiger partial charge is 0.396 e. The molecule has 0 aliphatic rings. The van der Waals surface area contributed by atoms with Crippen LogP contribution in [0.4, 0.5) is 14.5 Å². The maximum Gasteiger partial charge on any atom is 0.251 e. The molecule has 0 saturated heterocycles. The molecule has 0 aliphatic carbocycles. The van der Waals surface area contributed by atoms with E-state index < -0.39 is 6.43 Å². The monoisotopic (exact) mass is 268 g/mol. The minimum atomic E-state index is -2.36. The molecule has 0 aliphatic heterocycles. The molecule has 0 aromatic heterocycles. The molecule has 90 valence electrons. The maximum atomic E-state index is 12.1. The molecule has 0 amide bonds. The Morgan fingerprint density at radius 1 is 1.31 bits per heavy atom. The molecule has 0 spiro atoms. The minimum absolute atomic E-state index is 0.292. The van der Waals surface area contributed by atoms with E-state index in [2.05, 4.69) is 0 Å². The normalized spacial score (nSPS) is 11.4. The van der Waals surface area contributed by atoms with Crippen LogP contribution in [-0.2, 0) is 6.54 Å². The molecule has 0 heterocycles. The Bertz CT molecular complexity index is 349. The van der Waals surface area contributed by atoms with Gasteiger partial charge < -0.3 is 5.73 Å². The zero-order chi connectivity index (χ0) is 12.3. The van der Waals surface area contributed by atoms with Gasteiger partial charge in [0.15, 0.2) is 0 Å². The highest BCUT2D eigenvalue weighted by Crippen LogP contribution is 2.29. The van der Waals surface area contributed by atoms with Crippen molar-refractivity contribution in [2.75, 3.05) is 19.3 Å². The Labute approximate surface area is 103 Å². The second-order valence-corrected chi connectivity index (χ2v) is 4.38. The Morgan fingerprint density at radius 3 is 2.25 bits per heavy atom. The van der Waals surface area contributed by atoms with Gasteiger partial charge in [-0.3, -0.25) is 4.90 Å². The zero-order valence-electron chi connectivity index (χ0n) is 8.68. The summed E-state index contributed by atoms with van der Waals surface area (Å²) in [7, 11) is 1.60. The Kier molecular flexibility index (Phi) is 4.77. The van der Waals surface area contributed by atoms with Crippen LogP contribution in [0.3, 0.4) is 0 Å². The van der Waals surface area contributed by atoms with Crippen molar-refractivity contribution in [1.29, 1.82) is 0 Å². The number of hydrogen-bond acceptors (Lipinski definition) is 2. The van der Waals surface area contributed by atoms with Crippen LogP contribution >= 0.6 is 23.2 Å². The third kappa shape index (κ3) is 3.77. The maximum absolute atomic E-state index is 12.1. The Morgan fingerprint density at radius 2 is 1.81 bits per heavy atom. The van der Waals surface area contributed by atoms with Crippen LogP contribution in [0.15, 0.2) is 12.1 Å². The first-order valence-corrected chi connectivity index (χ1v) is 5.36. The van der Waals surface area contributed by atoms with E-state index in [0.717, 1.165) is 5.56 Å². The fraction of sp³-hybridized carbons (Fsp3) is 0.400. The van der Waals surface area contributed by atoms with Gasteiger partial charge in [0.1, 0.15) is 0 Å². The van der Waals surface area contributed by atoms with E-state index in [9.17, 15) is 8.78 Å². The molecule has 0 bridgehead atoms. The highest BCUT2D eigenvalue weighted by atomic mass is 35.5. The second-order valence-electron chi connectivity index (χ2n) is 3.56. The van der Waals surface area contributed by atoms with Crippen LogP contribution in [0, 0.1) is 0 Å². The first kappa shape index (κ1) is 13.5. The molecule has 1 aromatic carbocycles. The Hall–Kier alpha value is -0.580. The summed E-state index contributed by atoms with van der Waals surface area (Å²) in [5.74, 6) is 0. The highest BCUT2D eigenvalue weighted by Gasteiger charge is 2.10. The summed E-state index contributed by atoms with van der Waals surface area (Å²) in [5.41, 5.74) is 6.63. The lowest BCUT2D eigenvalue weighted by molar-refractivity contribution is 0.0975. The third-order valence-corrected chi connectivity index (χ3v) is 2.67. The number of anilines is 1. The average molecular weight is 269 g/mol. The van der Waals surface area contributed by atoms with Crippen LogP contribution < -0.4 is 5.73 Å². The third-order valence-electron chi connectivity index (χ3n) is 2.04. The fourth-order valence-corrected chi connectivity index (χ4v) is 1.87. The summed E-state index contributed by atoms with van der Waals surface area (Å²) in [5, 5.41) is 0.681. The van der Waals surface area contributed by atoms with E-state index in [1.54, 1.807) is 19.2 Å². The van der Waals surface area contributed by atoms with Gasteiger partial charge in [0.25, 0.3) is 6.43 Å². The van der Waals surface area contributed by atoms with Gasteiger partial charge >= 0.3 is 0 Å². The first-order valence-electron chi connectivity index (χ1n) is 4.60. The average Bonchev–Trinajstić information content (AvgIpc) is 2.12. The molecule has 0 unspecified atom stereocenters. The van der Waals surface area contributed by atoms with E-state index in [4.69, 9.17) is 28.9 Å². The molecule has 0 fully saturated rings. The molecule has 0 atom stereocenters. The molecular formula is C10H12Cl2F2N2. The molecule has 6 heteroatoms. The van der Waals surface area contributed by atoms with Crippen molar-refractivity contribution in [2.24, 2.45) is 0 Å². The van der Waals surface area contributed by atoms with Gasteiger partial charge in [-0.05, 0) is 24.7 Å². The number of halogens is 4. The smallest absolute Gasteiger partial charge is 0.251 e. The zero-order valence-corrected chi connectivity index (χ0v) is 10.2. The number of benzene rings is 1. The number of nitrogens with zero attached hydrogens (tertiary/aromatic N) is 1. The van der Waals surface area contributed by atoms with Gasteiger partial charge in [-0.25, -0.2) is 8.78 Å². The van der Waals surface area contributed by atoms with Crippen molar-refractivity contribution < 1.29 is 8.78 Å². The van der Waals surface area contributed by atoms with Crippen LogP contribution in [0.5, 0.6) is 0 Å². The summed E-state index contributed by atoms with van der Waals surface area (Å²) in [6, 6.07) is 3.26. The van der Waals surface area contributed by atoms with Crippen molar-refractivity contribution in [1.82, 2.24) is 4.90 Å². The number of hydrogen-bond donors (Lipinski definition) is 1. The van der Waals surface area contributed by atoms with Crippen molar-refractivity contribution in [2.45, 2.75) is 13.0 Å². The van der Waals surface area contributed by atoms with Crippen LogP contribution in [-0.4, -0.2) is 24.9 Å². The lowest BCUT2D eigenvalue weighted by Gasteiger charge is -2.16. The topological polar surface area (TPSA) is 29.3 Å². The van der Waals surface area contributed by atoms with Gasteiger partial charge in [-0.15, -0.1) is 0 Å². The van der Waals surface area contributed by atoms with Gasteiger partial charge in [0.05, 0.1) is 22.3 Å². The van der Waals surface area contributed by atoms with Crippen molar-refractivity contribution in [3.63, 3.8) is 0 Å². The number of nitrogens with two attached hydrogens (primary N) is 1. The van der Waals surface area contributed by atoms with E-state index in [1.165, 1.54) is 4.90 Å². The molecule has 16 heavy (non-hydrogen) atoms. The van der Waals surface area contributed by atoms with E-state index in [1.807, 2.05) is 0 Å². The lowest BCUT2D eigenvalue weighted by Crippen LogP contribution is -2.24. The van der Waals surface area contributed by atoms with Crippen molar-refractivity contribution in [3.05, 3.63) is 27.7 Å². The SMILES string of the molecule is CN(Cc1cc(Cl)c(N)c(Cl)c1)CC(F)F. The molecule has 0 radical (unpaired) electrons. The van der Waals surface area contributed by atoms with E-state index in [0.29, 0.717) is 22.3 Å². The van der Waals surface area contributed by atoms with Crippen molar-refractivity contribution >= 4 is 28.9 Å². The summed E-state index contributed by atoms with van der Waals surface area (Å²) in [6.07, 6.45) is -2.36.